The number of nitrogens with zero attached hydrogens (tertiary/aromatic N) is 2. The van der Waals surface area contributed by atoms with Crippen LogP contribution in [0.5, 0.6) is 5.88 Å². The number of aromatic nitrogens is 2. The smallest absolute Gasteiger partial charge is 0.264 e. The summed E-state index contributed by atoms with van der Waals surface area (Å²) in [4.78, 5) is 14.8. The molecule has 1 aliphatic carbocycles. The van der Waals surface area contributed by atoms with Gasteiger partial charge in [-0.3, -0.25) is 19.8 Å². The lowest BCUT2D eigenvalue weighted by Gasteiger charge is -2.15. The SMILES string of the molecule is Cc1ccccc1N/N=C/c1c(O)n(CCC2=CCCCC2)c(=S)[nH]c1=O. The fourth-order valence-corrected chi connectivity index (χ4v) is 3.42. The molecule has 0 fully saturated rings. The van der Waals surface area contributed by atoms with Crippen molar-refractivity contribution in [1.29, 1.82) is 0 Å². The standard InChI is InChI=1S/C20H24N4O2S/c1-14-7-5-6-10-17(14)23-21-13-16-18(25)22-20(27)24(19(16)26)12-11-15-8-3-2-4-9-15/h5-8,10,13,23,26H,2-4,9,11-12H2,1H3,(H,22,25,27)/b21-13+. The zero-order valence-corrected chi connectivity index (χ0v) is 16.2. The molecule has 0 amide bonds. The van der Waals surface area contributed by atoms with Crippen LogP contribution in [0.1, 0.15) is 43.2 Å². The molecule has 1 aromatic carbocycles. The monoisotopic (exact) mass is 384 g/mol. The van der Waals surface area contributed by atoms with E-state index in [2.05, 4.69) is 21.6 Å². The van der Waals surface area contributed by atoms with Gasteiger partial charge in [0, 0.05) is 6.54 Å². The molecule has 3 N–H and O–H groups in total. The summed E-state index contributed by atoms with van der Waals surface area (Å²) in [6.45, 7) is 2.49. The van der Waals surface area contributed by atoms with Crippen molar-refractivity contribution in [2.45, 2.75) is 45.6 Å². The minimum atomic E-state index is -0.457. The number of anilines is 1. The summed E-state index contributed by atoms with van der Waals surface area (Å²) in [6, 6.07) is 7.69. The highest BCUT2D eigenvalue weighted by molar-refractivity contribution is 7.71. The van der Waals surface area contributed by atoms with E-state index in [-0.39, 0.29) is 16.2 Å². The third-order valence-electron chi connectivity index (χ3n) is 4.77. The molecule has 0 radical (unpaired) electrons. The van der Waals surface area contributed by atoms with E-state index >= 15 is 0 Å². The summed E-state index contributed by atoms with van der Waals surface area (Å²) in [5.41, 5.74) is 5.77. The predicted octanol–water partition coefficient (Wildman–Crippen LogP) is 4.26. The molecule has 2 aromatic rings. The molecular weight excluding hydrogens is 360 g/mol. The second-order valence-corrected chi connectivity index (χ2v) is 7.08. The van der Waals surface area contributed by atoms with Crippen LogP contribution in [-0.4, -0.2) is 20.9 Å². The van der Waals surface area contributed by atoms with Gasteiger partial charge in [0.1, 0.15) is 5.56 Å². The molecule has 1 aliphatic rings. The Kier molecular flexibility index (Phi) is 6.24. The Bertz CT molecular complexity index is 988. The summed E-state index contributed by atoms with van der Waals surface area (Å²) >= 11 is 5.23. The first-order valence-corrected chi connectivity index (χ1v) is 9.56. The molecule has 0 aliphatic heterocycles. The van der Waals surface area contributed by atoms with Crippen molar-refractivity contribution in [3.63, 3.8) is 0 Å². The number of para-hydroxylation sites is 1. The summed E-state index contributed by atoms with van der Waals surface area (Å²) in [6.07, 6.45) is 9.05. The van der Waals surface area contributed by atoms with Crippen LogP contribution in [0.3, 0.4) is 0 Å². The molecule has 0 bridgehead atoms. The zero-order chi connectivity index (χ0) is 19.2. The molecule has 3 rings (SSSR count). The Labute approximate surface area is 163 Å². The number of hydrazone groups is 1. The van der Waals surface area contributed by atoms with Gasteiger partial charge in [-0.1, -0.05) is 29.8 Å². The van der Waals surface area contributed by atoms with E-state index in [1.54, 1.807) is 4.57 Å². The number of nitrogens with one attached hydrogen (secondary N) is 2. The number of H-pyrrole nitrogens is 1. The number of allylic oxidation sites excluding steroid dienone is 2. The van der Waals surface area contributed by atoms with Crippen LogP contribution in [0, 0.1) is 11.7 Å². The van der Waals surface area contributed by atoms with Crippen LogP contribution >= 0.6 is 12.2 Å². The third-order valence-corrected chi connectivity index (χ3v) is 5.09. The molecule has 27 heavy (non-hydrogen) atoms. The maximum atomic E-state index is 12.2. The number of rotatable bonds is 6. The van der Waals surface area contributed by atoms with Gasteiger partial charge in [-0.25, -0.2) is 0 Å². The molecular formula is C20H24N4O2S. The van der Waals surface area contributed by atoms with Gasteiger partial charge in [-0.2, -0.15) is 5.10 Å². The summed E-state index contributed by atoms with van der Waals surface area (Å²) in [5.74, 6) is -0.157. The molecule has 7 heteroatoms. The quantitative estimate of drug-likeness (QED) is 0.301. The fraction of sp³-hybridized carbons (Fsp3) is 0.350. The van der Waals surface area contributed by atoms with Gasteiger partial charge in [0.05, 0.1) is 11.9 Å². The third kappa shape index (κ3) is 4.74. The van der Waals surface area contributed by atoms with Crippen LogP contribution in [0.2, 0.25) is 0 Å². The molecule has 0 saturated heterocycles. The van der Waals surface area contributed by atoms with Gasteiger partial charge < -0.3 is 5.11 Å². The first-order valence-electron chi connectivity index (χ1n) is 9.15. The molecule has 0 atom stereocenters. The zero-order valence-electron chi connectivity index (χ0n) is 15.4. The number of benzene rings is 1. The molecule has 1 heterocycles. The van der Waals surface area contributed by atoms with E-state index < -0.39 is 5.56 Å². The largest absolute Gasteiger partial charge is 0.494 e. The lowest BCUT2D eigenvalue weighted by atomic mass is 9.97. The Hall–Kier alpha value is -2.67. The molecule has 0 saturated carbocycles. The summed E-state index contributed by atoms with van der Waals surface area (Å²) < 4.78 is 1.78. The second-order valence-electron chi connectivity index (χ2n) is 6.69. The Morgan fingerprint density at radius 1 is 1.37 bits per heavy atom. The second kappa shape index (κ2) is 8.81. The van der Waals surface area contributed by atoms with Crippen molar-refractivity contribution in [3.05, 3.63) is 62.2 Å². The maximum Gasteiger partial charge on any atom is 0.264 e. The van der Waals surface area contributed by atoms with Crippen molar-refractivity contribution in [2.75, 3.05) is 5.43 Å². The fourth-order valence-electron chi connectivity index (χ4n) is 3.15. The highest BCUT2D eigenvalue weighted by Gasteiger charge is 2.12. The summed E-state index contributed by atoms with van der Waals surface area (Å²) in [7, 11) is 0. The van der Waals surface area contributed by atoms with Gasteiger partial charge in [-0.05, 0) is 62.9 Å². The number of aryl methyl sites for hydroxylation is 1. The molecule has 6 nitrogen and oxygen atoms in total. The number of aromatic amines is 1. The van der Waals surface area contributed by atoms with Gasteiger partial charge >= 0.3 is 0 Å². The molecule has 1 aromatic heterocycles. The molecule has 0 unspecified atom stereocenters. The van der Waals surface area contributed by atoms with Crippen LogP contribution in [0.25, 0.3) is 0 Å². The van der Waals surface area contributed by atoms with Crippen LogP contribution < -0.4 is 11.0 Å². The van der Waals surface area contributed by atoms with Crippen LogP contribution in [0.15, 0.2) is 45.8 Å². The van der Waals surface area contributed by atoms with Crippen molar-refractivity contribution >= 4 is 24.1 Å². The molecule has 142 valence electrons. The highest BCUT2D eigenvalue weighted by Crippen LogP contribution is 2.22. The Morgan fingerprint density at radius 3 is 2.93 bits per heavy atom. The van der Waals surface area contributed by atoms with Gasteiger partial charge in [0.25, 0.3) is 5.56 Å². The van der Waals surface area contributed by atoms with Gasteiger partial charge in [0.15, 0.2) is 4.77 Å². The van der Waals surface area contributed by atoms with E-state index in [0.29, 0.717) is 6.54 Å². The van der Waals surface area contributed by atoms with Crippen molar-refractivity contribution in [3.8, 4) is 5.88 Å². The normalized spacial score (nSPS) is 14.3. The number of hydrogen-bond acceptors (Lipinski definition) is 5. The minimum Gasteiger partial charge on any atom is -0.494 e. The highest BCUT2D eigenvalue weighted by atomic mass is 32.1. The van der Waals surface area contributed by atoms with Crippen LogP contribution in [0.4, 0.5) is 5.69 Å². The molecule has 0 spiro atoms. The minimum absolute atomic E-state index is 0.0855. The van der Waals surface area contributed by atoms with E-state index in [1.807, 2.05) is 31.2 Å². The first kappa shape index (κ1) is 19.1. The van der Waals surface area contributed by atoms with Gasteiger partial charge in [-0.15, -0.1) is 0 Å². The van der Waals surface area contributed by atoms with Crippen molar-refractivity contribution < 1.29 is 5.11 Å². The average Bonchev–Trinajstić information content (AvgIpc) is 2.66. The lowest BCUT2D eigenvalue weighted by molar-refractivity contribution is 0.402. The Balaban J connectivity index is 1.80. The average molecular weight is 385 g/mol. The first-order chi connectivity index (χ1) is 13.1. The van der Waals surface area contributed by atoms with Crippen molar-refractivity contribution in [1.82, 2.24) is 9.55 Å². The lowest BCUT2D eigenvalue weighted by Crippen LogP contribution is -2.19. The number of hydrogen-bond donors (Lipinski definition) is 3. The van der Waals surface area contributed by atoms with E-state index in [1.165, 1.54) is 24.6 Å². The topological polar surface area (TPSA) is 82.4 Å². The van der Waals surface area contributed by atoms with E-state index in [9.17, 15) is 9.90 Å². The van der Waals surface area contributed by atoms with Crippen LogP contribution in [-0.2, 0) is 6.54 Å². The van der Waals surface area contributed by atoms with Gasteiger partial charge in [0.2, 0.25) is 5.88 Å². The van der Waals surface area contributed by atoms with E-state index in [4.69, 9.17) is 12.2 Å². The maximum absolute atomic E-state index is 12.2. The van der Waals surface area contributed by atoms with E-state index in [0.717, 1.165) is 30.5 Å². The Morgan fingerprint density at radius 2 is 2.19 bits per heavy atom. The number of aromatic hydroxyl groups is 1. The van der Waals surface area contributed by atoms with Crippen molar-refractivity contribution in [2.24, 2.45) is 5.10 Å². The predicted molar refractivity (Wildman–Crippen MR) is 111 cm³/mol. The summed E-state index contributed by atoms with van der Waals surface area (Å²) in [5, 5.41) is 14.7.